The number of alkyl halides is 3. The molecule has 1 N–H and O–H groups in total. The van der Waals surface area contributed by atoms with E-state index in [4.69, 9.17) is 0 Å². The van der Waals surface area contributed by atoms with Gasteiger partial charge in [-0.2, -0.15) is 13.2 Å². The lowest BCUT2D eigenvalue weighted by Crippen LogP contribution is -2.39. The fourth-order valence-electron chi connectivity index (χ4n) is 3.95. The summed E-state index contributed by atoms with van der Waals surface area (Å²) in [6.45, 7) is 2.10. The molecule has 1 aliphatic carbocycles. The van der Waals surface area contributed by atoms with Gasteiger partial charge in [0, 0.05) is 6.54 Å². The van der Waals surface area contributed by atoms with E-state index in [-0.39, 0.29) is 12.4 Å². The second-order valence-corrected chi connectivity index (χ2v) is 6.65. The average Bonchev–Trinajstić information content (AvgIpc) is 2.54. The second kappa shape index (κ2) is 6.41. The molecule has 128 valence electrons. The molecular formula is C19H19ClF3N. The smallest absolute Gasteiger partial charge is 0.316 e. The fourth-order valence-corrected chi connectivity index (χ4v) is 3.95. The van der Waals surface area contributed by atoms with E-state index >= 15 is 0 Å². The molecule has 1 heterocycles. The lowest BCUT2D eigenvalue weighted by atomic mass is 9.74. The predicted octanol–water partition coefficient (Wildman–Crippen LogP) is 5.04. The highest BCUT2D eigenvalue weighted by Crippen LogP contribution is 2.38. The SMILES string of the molecule is Cl.FC(F)(F)c1ccc(-c2ccc3c(c2)CC2CNCC3C2)cc1. The molecule has 2 atom stereocenters. The van der Waals surface area contributed by atoms with Crippen molar-refractivity contribution in [2.24, 2.45) is 5.92 Å². The first kappa shape index (κ1) is 17.3. The molecule has 5 heteroatoms. The van der Waals surface area contributed by atoms with E-state index in [9.17, 15) is 13.2 Å². The van der Waals surface area contributed by atoms with Gasteiger partial charge in [-0.1, -0.05) is 30.3 Å². The van der Waals surface area contributed by atoms with E-state index in [1.165, 1.54) is 17.5 Å². The molecule has 0 amide bonds. The van der Waals surface area contributed by atoms with Gasteiger partial charge in [0.05, 0.1) is 5.56 Å². The molecule has 1 aliphatic heterocycles. The lowest BCUT2D eigenvalue weighted by Gasteiger charge is -2.37. The minimum absolute atomic E-state index is 0. The normalized spacial score (nSPS) is 22.5. The van der Waals surface area contributed by atoms with Crippen LogP contribution in [0, 0.1) is 5.92 Å². The van der Waals surface area contributed by atoms with Gasteiger partial charge >= 0.3 is 6.18 Å². The average molecular weight is 354 g/mol. The van der Waals surface area contributed by atoms with Crippen molar-refractivity contribution < 1.29 is 13.2 Å². The molecule has 4 rings (SSSR count). The predicted molar refractivity (Wildman–Crippen MR) is 91.5 cm³/mol. The maximum absolute atomic E-state index is 12.7. The number of rotatable bonds is 1. The summed E-state index contributed by atoms with van der Waals surface area (Å²) < 4.78 is 38.0. The van der Waals surface area contributed by atoms with Crippen LogP contribution in [0.5, 0.6) is 0 Å². The highest BCUT2D eigenvalue weighted by Gasteiger charge is 2.31. The van der Waals surface area contributed by atoms with Crippen LogP contribution in [0.4, 0.5) is 13.2 Å². The Morgan fingerprint density at radius 3 is 2.33 bits per heavy atom. The molecule has 0 saturated carbocycles. The first-order chi connectivity index (χ1) is 11.0. The number of nitrogens with one attached hydrogen (secondary N) is 1. The third-order valence-corrected chi connectivity index (χ3v) is 5.08. The van der Waals surface area contributed by atoms with Crippen molar-refractivity contribution in [3.63, 3.8) is 0 Å². The molecule has 2 aromatic carbocycles. The third-order valence-electron chi connectivity index (χ3n) is 5.08. The number of hydrogen-bond donors (Lipinski definition) is 1. The maximum Gasteiger partial charge on any atom is 0.416 e. The van der Waals surface area contributed by atoms with Crippen molar-refractivity contribution in [1.82, 2.24) is 5.32 Å². The van der Waals surface area contributed by atoms with Crippen molar-refractivity contribution in [2.45, 2.75) is 24.9 Å². The zero-order chi connectivity index (χ0) is 16.0. The van der Waals surface area contributed by atoms with Crippen LogP contribution < -0.4 is 5.32 Å². The van der Waals surface area contributed by atoms with Crippen LogP contribution in [-0.2, 0) is 12.6 Å². The first-order valence-corrected chi connectivity index (χ1v) is 8.02. The molecule has 2 unspecified atom stereocenters. The van der Waals surface area contributed by atoms with Crippen LogP contribution in [0.1, 0.15) is 29.0 Å². The minimum atomic E-state index is -4.28. The Balaban J connectivity index is 0.00000169. The van der Waals surface area contributed by atoms with Gasteiger partial charge in [-0.25, -0.2) is 0 Å². The van der Waals surface area contributed by atoms with E-state index in [0.29, 0.717) is 11.8 Å². The quantitative estimate of drug-likeness (QED) is 0.757. The van der Waals surface area contributed by atoms with Crippen LogP contribution in [0.3, 0.4) is 0 Å². The summed E-state index contributed by atoms with van der Waals surface area (Å²) in [5.74, 6) is 1.27. The molecule has 1 fully saturated rings. The molecular weight excluding hydrogens is 335 g/mol. The molecule has 2 bridgehead atoms. The molecule has 2 aliphatic rings. The second-order valence-electron chi connectivity index (χ2n) is 6.65. The summed E-state index contributed by atoms with van der Waals surface area (Å²) >= 11 is 0. The fraction of sp³-hybridized carbons (Fsp3) is 0.368. The maximum atomic E-state index is 12.7. The molecule has 0 aromatic heterocycles. The largest absolute Gasteiger partial charge is 0.416 e. The Bertz CT molecular complexity index is 724. The molecule has 0 spiro atoms. The topological polar surface area (TPSA) is 12.0 Å². The van der Waals surface area contributed by atoms with E-state index < -0.39 is 11.7 Å². The number of benzene rings is 2. The minimum Gasteiger partial charge on any atom is -0.316 e. The Kier molecular flexibility index (Phi) is 4.63. The van der Waals surface area contributed by atoms with E-state index in [1.54, 1.807) is 12.1 Å². The molecule has 24 heavy (non-hydrogen) atoms. The van der Waals surface area contributed by atoms with Crippen LogP contribution in [0.25, 0.3) is 11.1 Å². The highest BCUT2D eigenvalue weighted by molar-refractivity contribution is 5.85. The number of piperidine rings is 1. The third kappa shape index (κ3) is 3.17. The van der Waals surface area contributed by atoms with Crippen LogP contribution in [0.2, 0.25) is 0 Å². The first-order valence-electron chi connectivity index (χ1n) is 8.02. The zero-order valence-corrected chi connectivity index (χ0v) is 13.9. The van der Waals surface area contributed by atoms with Gasteiger partial charge in [0.2, 0.25) is 0 Å². The Hall–Kier alpha value is -1.52. The standard InChI is InChI=1S/C19H18F3N.ClH/c20-19(21,22)17-4-1-13(2-5-17)14-3-6-18-15(9-14)7-12-8-16(18)11-23-10-12;/h1-6,9,12,16,23H,7-8,10-11H2;1H. The summed E-state index contributed by atoms with van der Waals surface area (Å²) in [7, 11) is 0. The van der Waals surface area contributed by atoms with Crippen LogP contribution in [0.15, 0.2) is 42.5 Å². The molecule has 1 nitrogen and oxygen atoms in total. The van der Waals surface area contributed by atoms with Crippen molar-refractivity contribution in [1.29, 1.82) is 0 Å². The molecule has 0 radical (unpaired) electrons. The lowest BCUT2D eigenvalue weighted by molar-refractivity contribution is -0.137. The highest BCUT2D eigenvalue weighted by atomic mass is 35.5. The zero-order valence-electron chi connectivity index (χ0n) is 13.1. The van der Waals surface area contributed by atoms with Crippen LogP contribution >= 0.6 is 12.4 Å². The van der Waals surface area contributed by atoms with E-state index in [2.05, 4.69) is 17.4 Å². The number of hydrogen-bond acceptors (Lipinski definition) is 1. The van der Waals surface area contributed by atoms with Crippen molar-refractivity contribution in [3.05, 3.63) is 59.2 Å². The van der Waals surface area contributed by atoms with Gasteiger partial charge in [-0.3, -0.25) is 0 Å². The van der Waals surface area contributed by atoms with Crippen LogP contribution in [-0.4, -0.2) is 13.1 Å². The summed E-state index contributed by atoms with van der Waals surface area (Å²) in [6, 6.07) is 11.8. The summed E-state index contributed by atoms with van der Waals surface area (Å²) in [6.07, 6.45) is -1.97. The number of fused-ring (bicyclic) bond motifs is 4. The summed E-state index contributed by atoms with van der Waals surface area (Å²) in [5, 5.41) is 3.49. The number of halogens is 4. The van der Waals surface area contributed by atoms with Gasteiger partial charge in [-0.15, -0.1) is 12.4 Å². The Labute approximate surface area is 145 Å². The van der Waals surface area contributed by atoms with Crippen molar-refractivity contribution in [3.8, 4) is 11.1 Å². The monoisotopic (exact) mass is 353 g/mol. The van der Waals surface area contributed by atoms with Gasteiger partial charge < -0.3 is 5.32 Å². The molecule has 1 saturated heterocycles. The summed E-state index contributed by atoms with van der Waals surface area (Å²) in [5.41, 5.74) is 4.02. The van der Waals surface area contributed by atoms with Gasteiger partial charge in [-0.05, 0) is 65.6 Å². The molecule has 2 aromatic rings. The Morgan fingerprint density at radius 1 is 0.917 bits per heavy atom. The van der Waals surface area contributed by atoms with Gasteiger partial charge in [0.15, 0.2) is 0 Å². The van der Waals surface area contributed by atoms with Crippen molar-refractivity contribution >= 4 is 12.4 Å². The van der Waals surface area contributed by atoms with E-state index in [0.717, 1.165) is 42.8 Å². The van der Waals surface area contributed by atoms with Gasteiger partial charge in [0.1, 0.15) is 0 Å². The van der Waals surface area contributed by atoms with Crippen molar-refractivity contribution in [2.75, 3.05) is 13.1 Å². The Morgan fingerprint density at radius 2 is 1.62 bits per heavy atom. The summed E-state index contributed by atoms with van der Waals surface area (Å²) in [4.78, 5) is 0. The van der Waals surface area contributed by atoms with Gasteiger partial charge in [0.25, 0.3) is 0 Å². The van der Waals surface area contributed by atoms with E-state index in [1.807, 2.05) is 6.07 Å².